The van der Waals surface area contributed by atoms with Gasteiger partial charge in [0.25, 0.3) is 5.91 Å². The van der Waals surface area contributed by atoms with E-state index in [0.717, 1.165) is 5.56 Å². The van der Waals surface area contributed by atoms with Gasteiger partial charge >= 0.3 is 5.97 Å². The second-order valence-electron chi connectivity index (χ2n) is 13.2. The fourth-order valence-corrected chi connectivity index (χ4v) is 6.15. The normalized spacial score (nSPS) is 12.4. The highest BCUT2D eigenvalue weighted by molar-refractivity contribution is 6.12. The summed E-state index contributed by atoms with van der Waals surface area (Å²) >= 11 is 0. The van der Waals surface area contributed by atoms with Gasteiger partial charge in [-0.2, -0.15) is 0 Å². The number of aliphatic carboxylic acids is 1. The number of nitrogens with zero attached hydrogens (tertiary/aromatic N) is 1. The zero-order valence-electron chi connectivity index (χ0n) is 31.1. The molecule has 0 unspecified atom stereocenters. The molecule has 0 aliphatic carbocycles. The smallest absolute Gasteiger partial charge is 0.305 e. The lowest BCUT2D eigenvalue weighted by Gasteiger charge is -2.20. The molecule has 0 saturated carbocycles. The molecule has 1 heterocycles. The number of halogens is 1. The number of benzene rings is 3. The van der Waals surface area contributed by atoms with Gasteiger partial charge in [-0.05, 0) is 78.4 Å². The third-order valence-corrected chi connectivity index (χ3v) is 8.49. The van der Waals surface area contributed by atoms with E-state index in [1.54, 1.807) is 36.4 Å². The van der Waals surface area contributed by atoms with Gasteiger partial charge in [0.2, 0.25) is 5.91 Å². The van der Waals surface area contributed by atoms with E-state index in [1.165, 1.54) is 12.1 Å². The largest absolute Gasteiger partial charge is 0.491 e. The minimum Gasteiger partial charge on any atom is -0.491 e. The van der Waals surface area contributed by atoms with Gasteiger partial charge in [-0.25, -0.2) is 4.39 Å². The van der Waals surface area contributed by atoms with Gasteiger partial charge in [-0.3, -0.25) is 14.4 Å². The summed E-state index contributed by atoms with van der Waals surface area (Å²) in [6.07, 6.45) is -2.70. The lowest BCUT2D eigenvalue weighted by atomic mass is 9.94. The Hall–Kier alpha value is -5.12. The SMILES string of the molecule is CC(C)c1c(C(=O)Nc2ccc(OCCOCCOCCOCC(N)=O)cc2)c(-c2ccccc2)c(-c2ccc(F)cc2)n1CC[C@@H](O)C[C@@H](O)CC(=O)O. The Morgan fingerprint density at radius 1 is 0.800 bits per heavy atom. The molecule has 4 aromatic rings. The Bertz CT molecular complexity index is 1810. The van der Waals surface area contributed by atoms with Crippen LogP contribution in [0.4, 0.5) is 10.1 Å². The zero-order valence-corrected chi connectivity index (χ0v) is 31.1. The van der Waals surface area contributed by atoms with Gasteiger partial charge < -0.3 is 49.9 Å². The van der Waals surface area contributed by atoms with Crippen molar-refractivity contribution in [2.45, 2.75) is 57.8 Å². The average Bonchev–Trinajstić information content (AvgIpc) is 3.49. The van der Waals surface area contributed by atoms with E-state index in [0.29, 0.717) is 72.5 Å². The van der Waals surface area contributed by atoms with E-state index in [-0.39, 0.29) is 44.4 Å². The van der Waals surface area contributed by atoms with Gasteiger partial charge in [0, 0.05) is 23.5 Å². The first-order chi connectivity index (χ1) is 26.4. The molecule has 296 valence electrons. The zero-order chi connectivity index (χ0) is 39.7. The maximum Gasteiger partial charge on any atom is 0.305 e. The summed E-state index contributed by atoms with van der Waals surface area (Å²) in [6.45, 7) is 5.91. The molecule has 0 saturated heterocycles. The number of amides is 2. The summed E-state index contributed by atoms with van der Waals surface area (Å²) in [5, 5.41) is 33.1. The molecule has 4 rings (SSSR count). The van der Waals surface area contributed by atoms with E-state index >= 15 is 0 Å². The van der Waals surface area contributed by atoms with Crippen LogP contribution in [0.3, 0.4) is 0 Å². The Balaban J connectivity index is 1.53. The quantitative estimate of drug-likeness (QED) is 0.0591. The predicted octanol–water partition coefficient (Wildman–Crippen LogP) is 5.23. The van der Waals surface area contributed by atoms with E-state index < -0.39 is 36.3 Å². The highest BCUT2D eigenvalue weighted by Crippen LogP contribution is 2.42. The Kier molecular flexibility index (Phi) is 16.8. The van der Waals surface area contributed by atoms with Crippen molar-refractivity contribution >= 4 is 23.5 Å². The molecule has 0 bridgehead atoms. The van der Waals surface area contributed by atoms with Crippen LogP contribution in [-0.4, -0.2) is 96.1 Å². The van der Waals surface area contributed by atoms with Crippen LogP contribution in [0.1, 0.15) is 55.1 Å². The fourth-order valence-electron chi connectivity index (χ4n) is 6.15. The second-order valence-corrected chi connectivity index (χ2v) is 13.2. The molecule has 0 fully saturated rings. The van der Waals surface area contributed by atoms with Crippen molar-refractivity contribution in [3.8, 4) is 28.1 Å². The maximum absolute atomic E-state index is 14.4. The van der Waals surface area contributed by atoms with Crippen molar-refractivity contribution in [1.29, 1.82) is 0 Å². The number of carboxylic acids is 1. The van der Waals surface area contributed by atoms with Crippen LogP contribution < -0.4 is 15.8 Å². The molecule has 0 radical (unpaired) electrons. The number of carbonyl (C=O) groups is 3. The van der Waals surface area contributed by atoms with Crippen LogP contribution in [0.2, 0.25) is 0 Å². The predicted molar refractivity (Wildman–Crippen MR) is 204 cm³/mol. The van der Waals surface area contributed by atoms with Crippen molar-refractivity contribution in [3.05, 3.63) is 95.9 Å². The van der Waals surface area contributed by atoms with Crippen molar-refractivity contribution < 1.29 is 53.0 Å². The number of aromatic nitrogens is 1. The van der Waals surface area contributed by atoms with Gasteiger partial charge in [0.15, 0.2) is 0 Å². The number of primary amides is 1. The Morgan fingerprint density at radius 3 is 2.02 bits per heavy atom. The summed E-state index contributed by atoms with van der Waals surface area (Å²) < 4.78 is 37.9. The molecular formula is C41H50FN3O10. The van der Waals surface area contributed by atoms with E-state index in [9.17, 15) is 29.0 Å². The lowest BCUT2D eigenvalue weighted by molar-refractivity contribution is -0.139. The highest BCUT2D eigenvalue weighted by Gasteiger charge is 2.31. The summed E-state index contributed by atoms with van der Waals surface area (Å²) in [5.41, 5.74) is 9.35. The second kappa shape index (κ2) is 21.7. The van der Waals surface area contributed by atoms with Crippen LogP contribution in [0.5, 0.6) is 5.75 Å². The highest BCUT2D eigenvalue weighted by atomic mass is 19.1. The van der Waals surface area contributed by atoms with Crippen LogP contribution >= 0.6 is 0 Å². The maximum atomic E-state index is 14.4. The molecule has 0 spiro atoms. The Labute approximate surface area is 319 Å². The topological polar surface area (TPSA) is 192 Å². The summed E-state index contributed by atoms with van der Waals surface area (Å²) in [6, 6.07) is 22.4. The minimum atomic E-state index is -1.22. The first-order valence-corrected chi connectivity index (χ1v) is 18.2. The number of carboxylic acid groups (broad SMARTS) is 1. The third kappa shape index (κ3) is 13.3. The first-order valence-electron chi connectivity index (χ1n) is 18.2. The van der Waals surface area contributed by atoms with Gasteiger partial charge in [0.1, 0.15) is 24.8 Å². The number of hydrogen-bond acceptors (Lipinski definition) is 9. The number of nitrogens with two attached hydrogens (primary N) is 1. The number of aliphatic hydroxyl groups is 2. The van der Waals surface area contributed by atoms with Gasteiger partial charge in [-0.1, -0.05) is 44.2 Å². The van der Waals surface area contributed by atoms with Crippen molar-refractivity contribution in [1.82, 2.24) is 4.57 Å². The van der Waals surface area contributed by atoms with Crippen molar-refractivity contribution in [3.63, 3.8) is 0 Å². The van der Waals surface area contributed by atoms with Crippen LogP contribution in [0.25, 0.3) is 22.4 Å². The molecule has 0 aliphatic heterocycles. The molecule has 2 atom stereocenters. The van der Waals surface area contributed by atoms with Gasteiger partial charge in [0.05, 0.1) is 62.9 Å². The Morgan fingerprint density at radius 2 is 1.42 bits per heavy atom. The van der Waals surface area contributed by atoms with E-state index in [1.807, 2.05) is 48.7 Å². The standard InChI is InChI=1S/C41H50FN3O10/c1-27(2)39-38(41(51)44-31-12-14-34(15-13-31)55-23-22-53-19-18-52-20-21-54-26-35(43)48)37(28-6-4-3-5-7-28)40(29-8-10-30(42)11-9-29)45(39)17-16-32(46)24-33(47)25-36(49)50/h3-15,27,32-33,46-47H,16-26H2,1-2H3,(H2,43,48)(H,44,51)(H,49,50)/t32-,33-/m1/s1. The van der Waals surface area contributed by atoms with Crippen LogP contribution in [0.15, 0.2) is 78.9 Å². The molecule has 2 amide bonds. The molecule has 55 heavy (non-hydrogen) atoms. The molecule has 13 nitrogen and oxygen atoms in total. The summed E-state index contributed by atoms with van der Waals surface area (Å²) in [4.78, 5) is 36.2. The van der Waals surface area contributed by atoms with E-state index in [2.05, 4.69) is 5.32 Å². The number of nitrogens with one attached hydrogen (secondary N) is 1. The number of ether oxygens (including phenoxy) is 4. The third-order valence-electron chi connectivity index (χ3n) is 8.49. The molecule has 3 aromatic carbocycles. The van der Waals surface area contributed by atoms with Crippen LogP contribution in [0, 0.1) is 5.82 Å². The number of rotatable bonds is 24. The lowest BCUT2D eigenvalue weighted by Crippen LogP contribution is -2.22. The van der Waals surface area contributed by atoms with Crippen LogP contribution in [-0.2, 0) is 30.3 Å². The molecule has 6 N–H and O–H groups in total. The summed E-state index contributed by atoms with van der Waals surface area (Å²) in [7, 11) is 0. The molecule has 1 aromatic heterocycles. The summed E-state index contributed by atoms with van der Waals surface area (Å²) in [5.74, 6) is -2.09. The number of anilines is 1. The average molecular weight is 764 g/mol. The first kappa shape index (κ1) is 42.6. The molecular weight excluding hydrogens is 713 g/mol. The van der Waals surface area contributed by atoms with E-state index in [4.69, 9.17) is 29.8 Å². The number of carbonyl (C=O) groups excluding carboxylic acids is 2. The monoisotopic (exact) mass is 763 g/mol. The van der Waals surface area contributed by atoms with Crippen molar-refractivity contribution in [2.24, 2.45) is 5.73 Å². The van der Waals surface area contributed by atoms with Gasteiger partial charge in [-0.15, -0.1) is 0 Å². The minimum absolute atomic E-state index is 0.130. The number of hydrogen-bond donors (Lipinski definition) is 5. The fraction of sp³-hybridized carbons (Fsp3) is 0.390. The number of aliphatic hydroxyl groups excluding tert-OH is 2. The van der Waals surface area contributed by atoms with Crippen molar-refractivity contribution in [2.75, 3.05) is 51.6 Å². The molecule has 0 aliphatic rings. The molecule has 14 heteroatoms.